The predicted molar refractivity (Wildman–Crippen MR) is 76.1 cm³/mol. The van der Waals surface area contributed by atoms with Crippen LogP contribution in [0, 0.1) is 0 Å². The summed E-state index contributed by atoms with van der Waals surface area (Å²) in [7, 11) is 0. The molecule has 0 heterocycles. The number of benzene rings is 1. The van der Waals surface area contributed by atoms with Gasteiger partial charge in [-0.25, -0.2) is 0 Å². The molecular formula is C13H18Cl2N2O. The Hall–Kier alpha value is -0.770. The zero-order valence-corrected chi connectivity index (χ0v) is 12.1. The van der Waals surface area contributed by atoms with Crippen LogP contribution in [0.1, 0.15) is 25.8 Å². The van der Waals surface area contributed by atoms with E-state index in [2.05, 4.69) is 10.6 Å². The van der Waals surface area contributed by atoms with Gasteiger partial charge in [0.1, 0.15) is 0 Å². The van der Waals surface area contributed by atoms with Gasteiger partial charge in [-0.3, -0.25) is 4.79 Å². The third-order valence-electron chi connectivity index (χ3n) is 2.57. The first-order valence-electron chi connectivity index (χ1n) is 6.00. The highest BCUT2D eigenvalue weighted by Crippen LogP contribution is 2.25. The minimum Gasteiger partial charge on any atom is -0.355 e. The highest BCUT2D eigenvalue weighted by atomic mass is 35.5. The Morgan fingerprint density at radius 2 is 2.11 bits per heavy atom. The van der Waals surface area contributed by atoms with Crippen molar-refractivity contribution in [2.45, 2.75) is 32.9 Å². The Morgan fingerprint density at radius 1 is 1.39 bits per heavy atom. The van der Waals surface area contributed by atoms with Gasteiger partial charge in [0.15, 0.2) is 0 Å². The van der Waals surface area contributed by atoms with Gasteiger partial charge >= 0.3 is 0 Å². The number of hydrogen-bond donors (Lipinski definition) is 2. The molecule has 0 aliphatic carbocycles. The van der Waals surface area contributed by atoms with Crippen LogP contribution in [0.3, 0.4) is 0 Å². The lowest BCUT2D eigenvalue weighted by molar-refractivity contribution is -0.122. The van der Waals surface area contributed by atoms with Gasteiger partial charge in [0, 0.05) is 13.1 Å². The van der Waals surface area contributed by atoms with Gasteiger partial charge in [0.05, 0.1) is 16.1 Å². The van der Waals surface area contributed by atoms with Crippen molar-refractivity contribution < 1.29 is 4.79 Å². The van der Waals surface area contributed by atoms with E-state index in [-0.39, 0.29) is 11.9 Å². The van der Waals surface area contributed by atoms with E-state index in [9.17, 15) is 4.79 Å². The number of carbonyl (C=O) groups is 1. The first kappa shape index (κ1) is 15.3. The molecule has 18 heavy (non-hydrogen) atoms. The van der Waals surface area contributed by atoms with Crippen molar-refractivity contribution in [2.24, 2.45) is 0 Å². The Morgan fingerprint density at radius 3 is 2.78 bits per heavy atom. The van der Waals surface area contributed by atoms with Gasteiger partial charge in [-0.05, 0) is 25.0 Å². The van der Waals surface area contributed by atoms with Gasteiger partial charge in [0.2, 0.25) is 5.91 Å². The summed E-state index contributed by atoms with van der Waals surface area (Å²) < 4.78 is 0. The highest BCUT2D eigenvalue weighted by molar-refractivity contribution is 6.42. The van der Waals surface area contributed by atoms with Gasteiger partial charge in [-0.15, -0.1) is 0 Å². The number of nitrogens with one attached hydrogen (secondary N) is 2. The lowest BCUT2D eigenvalue weighted by Crippen LogP contribution is -2.42. The van der Waals surface area contributed by atoms with Crippen molar-refractivity contribution in [1.82, 2.24) is 10.6 Å². The summed E-state index contributed by atoms with van der Waals surface area (Å²) in [5.74, 6) is -0.00463. The zero-order chi connectivity index (χ0) is 13.5. The maximum absolute atomic E-state index is 11.6. The molecule has 0 saturated heterocycles. The molecule has 0 aliphatic rings. The normalized spacial score (nSPS) is 12.2. The molecule has 1 unspecified atom stereocenters. The van der Waals surface area contributed by atoms with Crippen LogP contribution >= 0.6 is 23.2 Å². The summed E-state index contributed by atoms with van der Waals surface area (Å²) >= 11 is 12.0. The molecule has 3 nitrogen and oxygen atoms in total. The Bertz CT molecular complexity index is 410. The van der Waals surface area contributed by atoms with Crippen molar-refractivity contribution in [2.75, 3.05) is 6.54 Å². The molecule has 100 valence electrons. The van der Waals surface area contributed by atoms with Crippen LogP contribution in [0.25, 0.3) is 0 Å². The lowest BCUT2D eigenvalue weighted by Gasteiger charge is -2.14. The summed E-state index contributed by atoms with van der Waals surface area (Å²) in [4.78, 5) is 11.6. The molecule has 0 aromatic heterocycles. The third kappa shape index (κ3) is 4.48. The van der Waals surface area contributed by atoms with Crippen LogP contribution in [0.2, 0.25) is 10.0 Å². The van der Waals surface area contributed by atoms with Crippen LogP contribution in [0.4, 0.5) is 0 Å². The average molecular weight is 289 g/mol. The van der Waals surface area contributed by atoms with Crippen LogP contribution in [-0.4, -0.2) is 18.5 Å². The van der Waals surface area contributed by atoms with E-state index in [0.717, 1.165) is 12.0 Å². The van der Waals surface area contributed by atoms with Gasteiger partial charge in [-0.1, -0.05) is 42.3 Å². The SMILES string of the molecule is CCCNC(=O)C(C)NCc1cccc(Cl)c1Cl. The van der Waals surface area contributed by atoms with Crippen LogP contribution in [0.15, 0.2) is 18.2 Å². The molecule has 1 amide bonds. The number of halogens is 2. The molecule has 0 fully saturated rings. The first-order chi connectivity index (χ1) is 8.56. The second kappa shape index (κ2) is 7.62. The molecule has 1 rings (SSSR count). The molecule has 0 bridgehead atoms. The molecule has 1 aromatic carbocycles. The van der Waals surface area contributed by atoms with E-state index in [1.165, 1.54) is 0 Å². The number of amides is 1. The van der Waals surface area contributed by atoms with Gasteiger partial charge in [0.25, 0.3) is 0 Å². The third-order valence-corrected chi connectivity index (χ3v) is 3.43. The first-order valence-corrected chi connectivity index (χ1v) is 6.75. The number of hydrogen-bond acceptors (Lipinski definition) is 2. The standard InChI is InChI=1S/C13H18Cl2N2O/c1-3-7-16-13(18)9(2)17-8-10-5-4-6-11(14)12(10)15/h4-6,9,17H,3,7-8H2,1-2H3,(H,16,18). The smallest absolute Gasteiger partial charge is 0.236 e. The monoisotopic (exact) mass is 288 g/mol. The van der Waals surface area contributed by atoms with Crippen molar-refractivity contribution in [1.29, 1.82) is 0 Å². The van der Waals surface area contributed by atoms with E-state index in [1.54, 1.807) is 6.07 Å². The molecule has 0 saturated carbocycles. The van der Waals surface area contributed by atoms with Crippen molar-refractivity contribution >= 4 is 29.1 Å². The van der Waals surface area contributed by atoms with E-state index < -0.39 is 0 Å². The molecule has 0 radical (unpaired) electrons. The fraction of sp³-hybridized carbons (Fsp3) is 0.462. The van der Waals surface area contributed by atoms with Gasteiger partial charge < -0.3 is 10.6 Å². The van der Waals surface area contributed by atoms with Crippen LogP contribution in [0.5, 0.6) is 0 Å². The van der Waals surface area contributed by atoms with Crippen molar-refractivity contribution in [3.63, 3.8) is 0 Å². The Balaban J connectivity index is 2.49. The quantitative estimate of drug-likeness (QED) is 0.845. The predicted octanol–water partition coefficient (Wildman–Crippen LogP) is 3.00. The molecule has 2 N–H and O–H groups in total. The molecule has 1 atom stereocenters. The highest BCUT2D eigenvalue weighted by Gasteiger charge is 2.12. The number of carbonyl (C=O) groups excluding carboxylic acids is 1. The fourth-order valence-electron chi connectivity index (χ4n) is 1.44. The van der Waals surface area contributed by atoms with Crippen molar-refractivity contribution in [3.05, 3.63) is 33.8 Å². The molecule has 5 heteroatoms. The summed E-state index contributed by atoms with van der Waals surface area (Å²) in [5.41, 5.74) is 0.888. The van der Waals surface area contributed by atoms with Crippen LogP contribution in [-0.2, 0) is 11.3 Å². The Kier molecular flexibility index (Phi) is 6.47. The lowest BCUT2D eigenvalue weighted by atomic mass is 10.2. The minimum absolute atomic E-state index is 0.00463. The molecule has 0 spiro atoms. The molecule has 0 aliphatic heterocycles. The summed E-state index contributed by atoms with van der Waals surface area (Å²) in [6.07, 6.45) is 0.929. The molecule has 1 aromatic rings. The average Bonchev–Trinajstić information content (AvgIpc) is 2.37. The second-order valence-electron chi connectivity index (χ2n) is 4.11. The molecular weight excluding hydrogens is 271 g/mol. The fourth-order valence-corrected chi connectivity index (χ4v) is 1.83. The van der Waals surface area contributed by atoms with Gasteiger partial charge in [-0.2, -0.15) is 0 Å². The van der Waals surface area contributed by atoms with E-state index in [0.29, 0.717) is 23.1 Å². The van der Waals surface area contributed by atoms with Crippen molar-refractivity contribution in [3.8, 4) is 0 Å². The number of rotatable bonds is 6. The summed E-state index contributed by atoms with van der Waals surface area (Å²) in [6.45, 7) is 5.05. The largest absolute Gasteiger partial charge is 0.355 e. The summed E-state index contributed by atoms with van der Waals surface area (Å²) in [6, 6.07) is 5.21. The maximum Gasteiger partial charge on any atom is 0.236 e. The van der Waals surface area contributed by atoms with Crippen LogP contribution < -0.4 is 10.6 Å². The van der Waals surface area contributed by atoms with E-state index in [1.807, 2.05) is 26.0 Å². The van der Waals surface area contributed by atoms with E-state index in [4.69, 9.17) is 23.2 Å². The second-order valence-corrected chi connectivity index (χ2v) is 4.89. The maximum atomic E-state index is 11.6. The topological polar surface area (TPSA) is 41.1 Å². The van der Waals surface area contributed by atoms with E-state index >= 15 is 0 Å². The summed E-state index contributed by atoms with van der Waals surface area (Å²) in [5, 5.41) is 7.02. The Labute approximate surface area is 118 Å². The zero-order valence-electron chi connectivity index (χ0n) is 10.6. The minimum atomic E-state index is -0.258.